The summed E-state index contributed by atoms with van der Waals surface area (Å²) in [6, 6.07) is 8.99. The Hall–Kier alpha value is -2.36. The maximum Gasteiger partial charge on any atom is 0.122 e. The van der Waals surface area contributed by atoms with Crippen molar-refractivity contribution in [3.05, 3.63) is 47.5 Å². The fourth-order valence-electron chi connectivity index (χ4n) is 2.37. The third kappa shape index (κ3) is 2.64. The smallest absolute Gasteiger partial charge is 0.122 e. The van der Waals surface area contributed by atoms with Crippen LogP contribution in [0.3, 0.4) is 0 Å². The Balaban J connectivity index is 2.34. The van der Waals surface area contributed by atoms with Crippen molar-refractivity contribution < 1.29 is 20.4 Å². The largest absolute Gasteiger partial charge is 0.508 e. The van der Waals surface area contributed by atoms with Gasteiger partial charge in [-0.3, -0.25) is 0 Å². The van der Waals surface area contributed by atoms with E-state index in [1.807, 2.05) is 13.8 Å². The van der Waals surface area contributed by atoms with Crippen LogP contribution in [0.5, 0.6) is 23.0 Å². The van der Waals surface area contributed by atoms with Crippen molar-refractivity contribution in [2.45, 2.75) is 25.7 Å². The molecule has 0 spiro atoms. The SMILES string of the molecule is C[C@H](c1ccc(O)cc1O)[C@@H](C)c1ccc(O)cc1O. The molecule has 0 aliphatic rings. The Morgan fingerprint density at radius 3 is 1.30 bits per heavy atom. The quantitative estimate of drug-likeness (QED) is 0.691. The van der Waals surface area contributed by atoms with E-state index in [-0.39, 0.29) is 34.8 Å². The highest BCUT2D eigenvalue weighted by atomic mass is 16.3. The molecule has 106 valence electrons. The molecule has 20 heavy (non-hydrogen) atoms. The van der Waals surface area contributed by atoms with Crippen LogP contribution in [-0.2, 0) is 0 Å². The molecule has 0 unspecified atom stereocenters. The maximum atomic E-state index is 9.91. The van der Waals surface area contributed by atoms with Gasteiger partial charge in [0.05, 0.1) is 0 Å². The van der Waals surface area contributed by atoms with Gasteiger partial charge in [-0.2, -0.15) is 0 Å². The predicted molar refractivity (Wildman–Crippen MR) is 76.4 cm³/mol. The van der Waals surface area contributed by atoms with Gasteiger partial charge in [0.25, 0.3) is 0 Å². The van der Waals surface area contributed by atoms with E-state index >= 15 is 0 Å². The number of hydrogen-bond acceptors (Lipinski definition) is 4. The van der Waals surface area contributed by atoms with Gasteiger partial charge < -0.3 is 20.4 Å². The van der Waals surface area contributed by atoms with E-state index in [1.165, 1.54) is 24.3 Å². The van der Waals surface area contributed by atoms with Gasteiger partial charge in [-0.25, -0.2) is 0 Å². The third-order valence-corrected chi connectivity index (χ3v) is 3.76. The van der Waals surface area contributed by atoms with Crippen molar-refractivity contribution in [2.24, 2.45) is 0 Å². The van der Waals surface area contributed by atoms with E-state index < -0.39 is 0 Å². The third-order valence-electron chi connectivity index (χ3n) is 3.76. The van der Waals surface area contributed by atoms with Crippen LogP contribution in [0.4, 0.5) is 0 Å². The summed E-state index contributed by atoms with van der Waals surface area (Å²) >= 11 is 0. The normalized spacial score (nSPS) is 13.9. The molecule has 0 saturated heterocycles. The molecule has 0 fully saturated rings. The molecule has 2 atom stereocenters. The number of phenolic OH excluding ortho intramolecular Hbond substituents is 4. The van der Waals surface area contributed by atoms with Crippen molar-refractivity contribution in [3.8, 4) is 23.0 Å². The van der Waals surface area contributed by atoms with E-state index in [4.69, 9.17) is 0 Å². The van der Waals surface area contributed by atoms with Crippen molar-refractivity contribution in [3.63, 3.8) is 0 Å². The lowest BCUT2D eigenvalue weighted by Crippen LogP contribution is -2.05. The fourth-order valence-corrected chi connectivity index (χ4v) is 2.37. The molecular formula is C16H18O4. The highest BCUT2D eigenvalue weighted by Gasteiger charge is 2.21. The number of phenols is 4. The van der Waals surface area contributed by atoms with Gasteiger partial charge in [0.2, 0.25) is 0 Å². The van der Waals surface area contributed by atoms with Crippen LogP contribution >= 0.6 is 0 Å². The van der Waals surface area contributed by atoms with Crippen LogP contribution < -0.4 is 0 Å². The van der Waals surface area contributed by atoms with Crippen LogP contribution in [0.1, 0.15) is 36.8 Å². The standard InChI is InChI=1S/C16H18O4/c1-9(13-5-3-11(17)7-15(13)19)10(2)14-6-4-12(18)8-16(14)20/h3-10,17-20H,1-2H3/t9-,10+. The zero-order valence-corrected chi connectivity index (χ0v) is 11.4. The van der Waals surface area contributed by atoms with Crippen LogP contribution in [0.2, 0.25) is 0 Å². The lowest BCUT2D eigenvalue weighted by atomic mass is 9.83. The first-order valence-electron chi connectivity index (χ1n) is 6.44. The van der Waals surface area contributed by atoms with E-state index in [2.05, 4.69) is 0 Å². The lowest BCUT2D eigenvalue weighted by molar-refractivity contribution is 0.428. The average molecular weight is 274 g/mol. The molecule has 0 radical (unpaired) electrons. The average Bonchev–Trinajstić information content (AvgIpc) is 2.37. The summed E-state index contributed by atoms with van der Waals surface area (Å²) in [6.07, 6.45) is 0. The van der Waals surface area contributed by atoms with E-state index in [1.54, 1.807) is 12.1 Å². The molecule has 0 amide bonds. The molecule has 2 aromatic rings. The summed E-state index contributed by atoms with van der Waals surface area (Å²) in [5, 5.41) is 38.5. The zero-order chi connectivity index (χ0) is 14.9. The molecular weight excluding hydrogens is 256 g/mol. The molecule has 0 bridgehead atoms. The molecule has 2 rings (SSSR count). The van der Waals surface area contributed by atoms with Gasteiger partial charge in [-0.1, -0.05) is 26.0 Å². The van der Waals surface area contributed by atoms with Crippen LogP contribution in [0.15, 0.2) is 36.4 Å². The number of rotatable bonds is 3. The van der Waals surface area contributed by atoms with Crippen LogP contribution in [-0.4, -0.2) is 20.4 Å². The maximum absolute atomic E-state index is 9.91. The van der Waals surface area contributed by atoms with Crippen LogP contribution in [0, 0.1) is 0 Å². The topological polar surface area (TPSA) is 80.9 Å². The predicted octanol–water partition coefficient (Wildman–Crippen LogP) is 3.42. The molecule has 4 nitrogen and oxygen atoms in total. The van der Waals surface area contributed by atoms with Crippen molar-refractivity contribution in [2.75, 3.05) is 0 Å². The van der Waals surface area contributed by atoms with Gasteiger partial charge in [0.1, 0.15) is 23.0 Å². The second-order valence-electron chi connectivity index (χ2n) is 5.06. The van der Waals surface area contributed by atoms with Gasteiger partial charge in [0, 0.05) is 12.1 Å². The van der Waals surface area contributed by atoms with Gasteiger partial charge in [0.15, 0.2) is 0 Å². The van der Waals surface area contributed by atoms with Gasteiger partial charge in [-0.15, -0.1) is 0 Å². The summed E-state index contributed by atoms with van der Waals surface area (Å²) in [5.41, 5.74) is 1.39. The fraction of sp³-hybridized carbons (Fsp3) is 0.250. The molecule has 4 N–H and O–H groups in total. The highest BCUT2D eigenvalue weighted by Crippen LogP contribution is 2.41. The summed E-state index contributed by atoms with van der Waals surface area (Å²) < 4.78 is 0. The molecule has 0 aliphatic carbocycles. The molecule has 0 aromatic heterocycles. The molecule has 4 heteroatoms. The molecule has 0 aliphatic heterocycles. The first kappa shape index (κ1) is 14.1. The van der Waals surface area contributed by atoms with E-state index in [0.717, 1.165) is 0 Å². The van der Waals surface area contributed by atoms with Gasteiger partial charge in [-0.05, 0) is 35.1 Å². The second-order valence-corrected chi connectivity index (χ2v) is 5.06. The molecule has 2 aromatic carbocycles. The Bertz CT molecular complexity index is 566. The Morgan fingerprint density at radius 2 is 1.00 bits per heavy atom. The summed E-state index contributed by atoms with van der Waals surface area (Å²) in [4.78, 5) is 0. The van der Waals surface area contributed by atoms with E-state index in [0.29, 0.717) is 11.1 Å². The lowest BCUT2D eigenvalue weighted by Gasteiger charge is -2.22. The minimum absolute atomic E-state index is 0.0126. The monoisotopic (exact) mass is 274 g/mol. The Labute approximate surface area is 117 Å². The molecule has 0 saturated carbocycles. The Kier molecular flexibility index (Phi) is 3.74. The van der Waals surface area contributed by atoms with Crippen molar-refractivity contribution in [1.82, 2.24) is 0 Å². The zero-order valence-electron chi connectivity index (χ0n) is 11.4. The second kappa shape index (κ2) is 5.33. The number of hydrogen-bond donors (Lipinski definition) is 4. The number of aromatic hydroxyl groups is 4. The minimum atomic E-state index is -0.0638. The molecule has 0 heterocycles. The highest BCUT2D eigenvalue weighted by molar-refractivity contribution is 5.45. The summed E-state index contributed by atoms with van der Waals surface area (Å²) in [5.74, 6) is -0.0421. The van der Waals surface area contributed by atoms with Crippen LogP contribution in [0.25, 0.3) is 0 Å². The first-order chi connectivity index (χ1) is 9.40. The summed E-state index contributed by atoms with van der Waals surface area (Å²) in [6.45, 7) is 3.87. The minimum Gasteiger partial charge on any atom is -0.508 e. The van der Waals surface area contributed by atoms with Crippen molar-refractivity contribution >= 4 is 0 Å². The van der Waals surface area contributed by atoms with Crippen molar-refractivity contribution in [1.29, 1.82) is 0 Å². The van der Waals surface area contributed by atoms with Gasteiger partial charge >= 0.3 is 0 Å². The van der Waals surface area contributed by atoms with E-state index in [9.17, 15) is 20.4 Å². The summed E-state index contributed by atoms with van der Waals surface area (Å²) in [7, 11) is 0. The Morgan fingerprint density at radius 1 is 0.650 bits per heavy atom. The number of benzene rings is 2. The first-order valence-corrected chi connectivity index (χ1v) is 6.44.